The largest absolute Gasteiger partial charge is 0.393 e. The molecule has 0 aliphatic carbocycles. The Hall–Kier alpha value is -0.720. The van der Waals surface area contributed by atoms with Crippen LogP contribution in [0.3, 0.4) is 0 Å². The fraction of sp³-hybridized carbons (Fsp3) is 0.826. The third-order valence-electron chi connectivity index (χ3n) is 5.58. The second kappa shape index (κ2) is 16.1. The molecular formula is C23H44O5. The van der Waals surface area contributed by atoms with Crippen LogP contribution in [0, 0.1) is 11.8 Å². The number of allylic oxidation sites excluding steroid dienone is 3. The third kappa shape index (κ3) is 11.3. The van der Waals surface area contributed by atoms with Crippen molar-refractivity contribution in [1.82, 2.24) is 0 Å². The van der Waals surface area contributed by atoms with Gasteiger partial charge >= 0.3 is 0 Å². The molecule has 0 amide bonds. The van der Waals surface area contributed by atoms with Gasteiger partial charge in [-0.05, 0) is 51.4 Å². The lowest BCUT2D eigenvalue weighted by Gasteiger charge is -2.23. The average molecular weight is 401 g/mol. The molecule has 0 radical (unpaired) electrons. The van der Waals surface area contributed by atoms with Gasteiger partial charge in [-0.2, -0.15) is 0 Å². The van der Waals surface area contributed by atoms with Crippen LogP contribution in [0.5, 0.6) is 0 Å². The van der Waals surface area contributed by atoms with Gasteiger partial charge in [0.05, 0.1) is 12.2 Å². The zero-order valence-electron chi connectivity index (χ0n) is 19.1. The molecule has 0 heterocycles. The van der Waals surface area contributed by atoms with E-state index in [0.717, 1.165) is 38.5 Å². The van der Waals surface area contributed by atoms with Crippen LogP contribution in [0.2, 0.25) is 0 Å². The van der Waals surface area contributed by atoms with Crippen LogP contribution < -0.4 is 0 Å². The first-order valence-corrected chi connectivity index (χ1v) is 10.6. The Morgan fingerprint density at radius 1 is 0.929 bits per heavy atom. The Bertz CT molecular complexity index is 431. The van der Waals surface area contributed by atoms with E-state index in [9.17, 15) is 10.2 Å². The molecule has 0 fully saturated rings. The monoisotopic (exact) mass is 400 g/mol. The van der Waals surface area contributed by atoms with Crippen molar-refractivity contribution in [3.8, 4) is 0 Å². The number of aliphatic hydroxyl groups is 2. The molecule has 0 aliphatic rings. The predicted molar refractivity (Wildman–Crippen MR) is 115 cm³/mol. The van der Waals surface area contributed by atoms with E-state index >= 15 is 0 Å². The van der Waals surface area contributed by atoms with Gasteiger partial charge in [-0.1, -0.05) is 44.6 Å². The lowest BCUT2D eigenvalue weighted by molar-refractivity contribution is -0.156. The highest BCUT2D eigenvalue weighted by Crippen LogP contribution is 2.20. The number of rotatable bonds is 16. The van der Waals surface area contributed by atoms with Crippen molar-refractivity contribution in [2.24, 2.45) is 11.8 Å². The SMILES string of the molecule is CCC(OC)C(C)CCC(O)C(C)/C=C/C=C(\C)CCCC(OC)C(O)OC. The van der Waals surface area contributed by atoms with Crippen molar-refractivity contribution < 1.29 is 24.4 Å². The minimum atomic E-state index is -0.879. The van der Waals surface area contributed by atoms with Gasteiger partial charge in [0.1, 0.15) is 6.10 Å². The molecule has 0 aromatic carbocycles. The maximum Gasteiger partial charge on any atom is 0.180 e. The highest BCUT2D eigenvalue weighted by atomic mass is 16.6. The van der Waals surface area contributed by atoms with Crippen molar-refractivity contribution in [3.05, 3.63) is 23.8 Å². The van der Waals surface area contributed by atoms with E-state index in [4.69, 9.17) is 14.2 Å². The molecule has 5 nitrogen and oxygen atoms in total. The van der Waals surface area contributed by atoms with Gasteiger partial charge < -0.3 is 24.4 Å². The Balaban J connectivity index is 4.28. The summed E-state index contributed by atoms with van der Waals surface area (Å²) in [5, 5.41) is 20.1. The van der Waals surface area contributed by atoms with Gasteiger partial charge in [-0.15, -0.1) is 0 Å². The van der Waals surface area contributed by atoms with Gasteiger partial charge in [0.15, 0.2) is 6.29 Å². The van der Waals surface area contributed by atoms with Gasteiger partial charge in [0.2, 0.25) is 0 Å². The molecular weight excluding hydrogens is 356 g/mol. The summed E-state index contributed by atoms with van der Waals surface area (Å²) in [6, 6.07) is 0. The molecule has 0 aromatic heterocycles. The van der Waals surface area contributed by atoms with Crippen molar-refractivity contribution in [3.63, 3.8) is 0 Å². The third-order valence-corrected chi connectivity index (χ3v) is 5.58. The van der Waals surface area contributed by atoms with Crippen molar-refractivity contribution >= 4 is 0 Å². The van der Waals surface area contributed by atoms with Gasteiger partial charge in [0, 0.05) is 27.2 Å². The van der Waals surface area contributed by atoms with Crippen LogP contribution in [-0.4, -0.2) is 56.1 Å². The average Bonchev–Trinajstić information content (AvgIpc) is 2.69. The quantitative estimate of drug-likeness (QED) is 0.295. The molecule has 0 spiro atoms. The number of ether oxygens (including phenoxy) is 3. The molecule has 0 aliphatic heterocycles. The first-order chi connectivity index (χ1) is 13.3. The summed E-state index contributed by atoms with van der Waals surface area (Å²) in [5.74, 6) is 0.573. The van der Waals surface area contributed by atoms with Gasteiger partial charge in [-0.25, -0.2) is 0 Å². The Kier molecular flexibility index (Phi) is 15.7. The zero-order chi connectivity index (χ0) is 21.5. The maximum absolute atomic E-state index is 10.4. The highest BCUT2D eigenvalue weighted by Gasteiger charge is 2.18. The molecule has 6 atom stereocenters. The molecule has 0 saturated carbocycles. The minimum absolute atomic E-state index is 0.119. The number of hydrogen-bond acceptors (Lipinski definition) is 5. The van der Waals surface area contributed by atoms with E-state index in [0.29, 0.717) is 5.92 Å². The standard InChI is InChI=1S/C23H44O5/c1-8-21(26-5)19(4)15-16-20(24)18(3)13-9-11-17(2)12-10-14-22(27-6)23(25)28-7/h9,11,13,18-25H,8,10,12,14-16H2,1-7H3/b13-9+,17-11+. The lowest BCUT2D eigenvalue weighted by Crippen LogP contribution is -2.29. The molecule has 6 unspecified atom stereocenters. The van der Waals surface area contributed by atoms with E-state index in [1.807, 2.05) is 6.08 Å². The normalized spacial score (nSPS) is 19.4. The van der Waals surface area contributed by atoms with Gasteiger partial charge in [-0.3, -0.25) is 0 Å². The van der Waals surface area contributed by atoms with E-state index in [1.165, 1.54) is 12.7 Å². The lowest BCUT2D eigenvalue weighted by atomic mass is 9.91. The van der Waals surface area contributed by atoms with Crippen LogP contribution in [0.25, 0.3) is 0 Å². The maximum atomic E-state index is 10.4. The van der Waals surface area contributed by atoms with Crippen LogP contribution >= 0.6 is 0 Å². The summed E-state index contributed by atoms with van der Waals surface area (Å²) in [6.07, 6.45) is 10.3. The van der Waals surface area contributed by atoms with E-state index in [-0.39, 0.29) is 24.2 Å². The zero-order valence-corrected chi connectivity index (χ0v) is 19.1. The van der Waals surface area contributed by atoms with Crippen LogP contribution in [-0.2, 0) is 14.2 Å². The minimum Gasteiger partial charge on any atom is -0.393 e. The summed E-state index contributed by atoms with van der Waals surface area (Å²) in [4.78, 5) is 0. The van der Waals surface area contributed by atoms with Crippen molar-refractivity contribution in [2.75, 3.05) is 21.3 Å². The van der Waals surface area contributed by atoms with Crippen molar-refractivity contribution in [1.29, 1.82) is 0 Å². The van der Waals surface area contributed by atoms with Crippen LogP contribution in [0.1, 0.15) is 66.2 Å². The molecule has 28 heavy (non-hydrogen) atoms. The van der Waals surface area contributed by atoms with E-state index in [2.05, 4.69) is 39.8 Å². The summed E-state index contributed by atoms with van der Waals surface area (Å²) >= 11 is 0. The Morgan fingerprint density at radius 3 is 2.11 bits per heavy atom. The van der Waals surface area contributed by atoms with Gasteiger partial charge in [0.25, 0.3) is 0 Å². The summed E-state index contributed by atoms with van der Waals surface area (Å²) < 4.78 is 15.6. The Labute approximate surface area is 172 Å². The molecule has 0 saturated heterocycles. The number of hydrogen-bond donors (Lipinski definition) is 2. The molecule has 166 valence electrons. The smallest absolute Gasteiger partial charge is 0.180 e. The first kappa shape index (κ1) is 27.3. The molecule has 0 bridgehead atoms. The fourth-order valence-corrected chi connectivity index (χ4v) is 3.40. The summed E-state index contributed by atoms with van der Waals surface area (Å²) in [6.45, 7) is 8.47. The van der Waals surface area contributed by atoms with Crippen LogP contribution in [0.15, 0.2) is 23.8 Å². The van der Waals surface area contributed by atoms with Crippen LogP contribution in [0.4, 0.5) is 0 Å². The molecule has 0 rings (SSSR count). The second-order valence-corrected chi connectivity index (χ2v) is 7.85. The van der Waals surface area contributed by atoms with E-state index < -0.39 is 6.29 Å². The van der Waals surface area contributed by atoms with Crippen molar-refractivity contribution in [2.45, 2.75) is 90.8 Å². The van der Waals surface area contributed by atoms with E-state index in [1.54, 1.807) is 14.2 Å². The Morgan fingerprint density at radius 2 is 1.57 bits per heavy atom. The number of aliphatic hydroxyl groups excluding tert-OH is 2. The number of methoxy groups -OCH3 is 3. The topological polar surface area (TPSA) is 68.2 Å². The second-order valence-electron chi connectivity index (χ2n) is 7.85. The fourth-order valence-electron chi connectivity index (χ4n) is 3.40. The summed E-state index contributed by atoms with van der Waals surface area (Å²) in [7, 11) is 4.82. The predicted octanol–water partition coefficient (Wildman–Crippen LogP) is 4.48. The highest BCUT2D eigenvalue weighted by molar-refractivity contribution is 5.11. The molecule has 0 aromatic rings. The molecule has 5 heteroatoms. The molecule has 2 N–H and O–H groups in total. The summed E-state index contributed by atoms with van der Waals surface area (Å²) in [5.41, 5.74) is 1.26. The first-order valence-electron chi connectivity index (χ1n) is 10.6.